The van der Waals surface area contributed by atoms with Crippen LogP contribution >= 0.6 is 0 Å². The molecule has 17 heavy (non-hydrogen) atoms. The number of imidazole rings is 1. The maximum atomic E-state index is 8.80. The summed E-state index contributed by atoms with van der Waals surface area (Å²) < 4.78 is 2.04. The van der Waals surface area contributed by atoms with Crippen LogP contribution in [0.25, 0.3) is 11.0 Å². The predicted molar refractivity (Wildman–Crippen MR) is 68.7 cm³/mol. The van der Waals surface area contributed by atoms with Crippen LogP contribution in [0.4, 0.5) is 0 Å². The fourth-order valence-electron chi connectivity index (χ4n) is 2.15. The summed E-state index contributed by atoms with van der Waals surface area (Å²) in [6, 6.07) is 8.34. The van der Waals surface area contributed by atoms with E-state index in [1.54, 1.807) is 0 Å². The van der Waals surface area contributed by atoms with Crippen LogP contribution in [-0.2, 0) is 18.9 Å². The van der Waals surface area contributed by atoms with Crippen molar-refractivity contribution in [1.29, 1.82) is 5.26 Å². The van der Waals surface area contributed by atoms with E-state index in [4.69, 9.17) is 5.26 Å². The summed E-state index contributed by atoms with van der Waals surface area (Å²) in [6.07, 6.45) is 0.356. The fourth-order valence-corrected chi connectivity index (χ4v) is 2.15. The molecule has 0 saturated heterocycles. The van der Waals surface area contributed by atoms with Crippen LogP contribution in [0.1, 0.15) is 32.2 Å². The van der Waals surface area contributed by atoms with E-state index in [2.05, 4.69) is 37.9 Å². The van der Waals surface area contributed by atoms with Crippen LogP contribution in [0, 0.1) is 11.3 Å². The maximum absolute atomic E-state index is 8.80. The van der Waals surface area contributed by atoms with Gasteiger partial charge in [0.1, 0.15) is 5.82 Å². The van der Waals surface area contributed by atoms with Crippen molar-refractivity contribution in [1.82, 2.24) is 9.55 Å². The van der Waals surface area contributed by atoms with E-state index in [-0.39, 0.29) is 5.41 Å². The van der Waals surface area contributed by atoms with Crippen molar-refractivity contribution in [3.63, 3.8) is 0 Å². The van der Waals surface area contributed by atoms with Gasteiger partial charge in [-0.25, -0.2) is 4.98 Å². The van der Waals surface area contributed by atoms with Gasteiger partial charge in [0.2, 0.25) is 0 Å². The molecule has 0 aliphatic rings. The quantitative estimate of drug-likeness (QED) is 0.751. The molecule has 3 heteroatoms. The van der Waals surface area contributed by atoms with Crippen LogP contribution in [0.2, 0.25) is 0 Å². The van der Waals surface area contributed by atoms with Gasteiger partial charge in [0.05, 0.1) is 23.5 Å². The standard InChI is InChI=1S/C14H17N3/c1-14(2,3)10-6-5-7-11-13(10)17(4)12(16-11)8-9-15/h5-7H,8H2,1-4H3. The zero-order valence-corrected chi connectivity index (χ0v) is 10.8. The summed E-state index contributed by atoms with van der Waals surface area (Å²) in [7, 11) is 1.98. The Kier molecular flexibility index (Phi) is 2.66. The Balaban J connectivity index is 2.77. The average Bonchev–Trinajstić information content (AvgIpc) is 2.55. The monoisotopic (exact) mass is 227 g/mol. The van der Waals surface area contributed by atoms with Crippen molar-refractivity contribution in [2.24, 2.45) is 7.05 Å². The molecule has 0 aliphatic heterocycles. The third-order valence-corrected chi connectivity index (χ3v) is 3.03. The summed E-state index contributed by atoms with van der Waals surface area (Å²) in [4.78, 5) is 4.52. The molecule has 0 aliphatic carbocycles. The number of fused-ring (bicyclic) bond motifs is 1. The zero-order chi connectivity index (χ0) is 12.6. The Morgan fingerprint density at radius 3 is 2.65 bits per heavy atom. The van der Waals surface area contributed by atoms with Crippen molar-refractivity contribution in [2.75, 3.05) is 0 Å². The third-order valence-electron chi connectivity index (χ3n) is 3.03. The molecule has 88 valence electrons. The number of benzene rings is 1. The lowest BCUT2D eigenvalue weighted by Crippen LogP contribution is -2.13. The Bertz CT molecular complexity index is 594. The lowest BCUT2D eigenvalue weighted by Gasteiger charge is -2.20. The molecule has 0 radical (unpaired) electrons. The summed E-state index contributed by atoms with van der Waals surface area (Å²) >= 11 is 0. The van der Waals surface area contributed by atoms with Gasteiger partial charge in [-0.15, -0.1) is 0 Å². The first-order chi connectivity index (χ1) is 7.95. The first-order valence-corrected chi connectivity index (χ1v) is 5.77. The molecule has 0 spiro atoms. The normalized spacial score (nSPS) is 11.7. The van der Waals surface area contributed by atoms with Gasteiger partial charge in [0.25, 0.3) is 0 Å². The van der Waals surface area contributed by atoms with Crippen molar-refractivity contribution in [2.45, 2.75) is 32.6 Å². The van der Waals surface area contributed by atoms with E-state index in [0.29, 0.717) is 6.42 Å². The molecule has 2 rings (SSSR count). The van der Waals surface area contributed by atoms with Crippen molar-refractivity contribution in [3.8, 4) is 6.07 Å². The molecule has 0 fully saturated rings. The minimum absolute atomic E-state index is 0.0806. The second-order valence-corrected chi connectivity index (χ2v) is 5.35. The number of nitrogens with zero attached hydrogens (tertiary/aromatic N) is 3. The molecule has 3 nitrogen and oxygen atoms in total. The summed E-state index contributed by atoms with van der Waals surface area (Å²) in [5, 5.41) is 8.80. The number of hydrogen-bond acceptors (Lipinski definition) is 2. The Labute approximate surface area is 102 Å². The number of aryl methyl sites for hydroxylation is 1. The molecule has 0 atom stereocenters. The summed E-state index contributed by atoms with van der Waals surface area (Å²) in [5.74, 6) is 0.833. The van der Waals surface area contributed by atoms with Gasteiger partial charge in [0.15, 0.2) is 0 Å². The molecular formula is C14H17N3. The van der Waals surface area contributed by atoms with Crippen molar-refractivity contribution >= 4 is 11.0 Å². The number of hydrogen-bond donors (Lipinski definition) is 0. The number of rotatable bonds is 1. The largest absolute Gasteiger partial charge is 0.330 e. The summed E-state index contributed by atoms with van der Waals surface area (Å²) in [5.41, 5.74) is 3.47. The molecule has 1 heterocycles. The Morgan fingerprint density at radius 1 is 1.35 bits per heavy atom. The second kappa shape index (κ2) is 3.89. The van der Waals surface area contributed by atoms with Crippen LogP contribution in [0.15, 0.2) is 18.2 Å². The molecule has 1 aromatic carbocycles. The molecular weight excluding hydrogens is 210 g/mol. The van der Waals surface area contributed by atoms with E-state index in [1.807, 2.05) is 23.7 Å². The molecule has 0 saturated carbocycles. The third kappa shape index (κ3) is 1.91. The molecule has 1 aromatic heterocycles. The zero-order valence-electron chi connectivity index (χ0n) is 10.8. The second-order valence-electron chi connectivity index (χ2n) is 5.35. The molecule has 0 amide bonds. The van der Waals surface area contributed by atoms with E-state index >= 15 is 0 Å². The highest BCUT2D eigenvalue weighted by atomic mass is 15.1. The highest BCUT2D eigenvalue weighted by Gasteiger charge is 2.20. The Morgan fingerprint density at radius 2 is 2.06 bits per heavy atom. The predicted octanol–water partition coefficient (Wildman–Crippen LogP) is 2.94. The maximum Gasteiger partial charge on any atom is 0.123 e. The first kappa shape index (κ1) is 11.7. The summed E-state index contributed by atoms with van der Waals surface area (Å²) in [6.45, 7) is 6.58. The first-order valence-electron chi connectivity index (χ1n) is 5.77. The fraction of sp³-hybridized carbons (Fsp3) is 0.429. The number of aromatic nitrogens is 2. The highest BCUT2D eigenvalue weighted by Crippen LogP contribution is 2.30. The molecule has 0 unspecified atom stereocenters. The topological polar surface area (TPSA) is 41.6 Å². The van der Waals surface area contributed by atoms with E-state index in [0.717, 1.165) is 16.9 Å². The SMILES string of the molecule is Cn1c(CC#N)nc2cccc(C(C)(C)C)c21. The van der Waals surface area contributed by atoms with E-state index in [9.17, 15) is 0 Å². The van der Waals surface area contributed by atoms with Gasteiger partial charge in [-0.3, -0.25) is 0 Å². The van der Waals surface area contributed by atoms with Crippen molar-refractivity contribution in [3.05, 3.63) is 29.6 Å². The smallest absolute Gasteiger partial charge is 0.123 e. The van der Waals surface area contributed by atoms with Crippen LogP contribution < -0.4 is 0 Å². The lowest BCUT2D eigenvalue weighted by molar-refractivity contribution is 0.592. The van der Waals surface area contributed by atoms with Gasteiger partial charge in [-0.1, -0.05) is 32.9 Å². The number of nitriles is 1. The minimum Gasteiger partial charge on any atom is -0.330 e. The lowest BCUT2D eigenvalue weighted by atomic mass is 9.86. The van der Waals surface area contributed by atoms with E-state index in [1.165, 1.54) is 5.56 Å². The van der Waals surface area contributed by atoms with Gasteiger partial charge >= 0.3 is 0 Å². The molecule has 0 N–H and O–H groups in total. The van der Waals surface area contributed by atoms with Crippen LogP contribution in [0.3, 0.4) is 0 Å². The van der Waals surface area contributed by atoms with Crippen LogP contribution in [0.5, 0.6) is 0 Å². The van der Waals surface area contributed by atoms with Crippen LogP contribution in [-0.4, -0.2) is 9.55 Å². The highest BCUT2D eigenvalue weighted by molar-refractivity contribution is 5.80. The van der Waals surface area contributed by atoms with Gasteiger partial charge in [0, 0.05) is 7.05 Å². The Hall–Kier alpha value is -1.82. The molecule has 2 aromatic rings. The minimum atomic E-state index is 0.0806. The average molecular weight is 227 g/mol. The van der Waals surface area contributed by atoms with Gasteiger partial charge in [-0.2, -0.15) is 5.26 Å². The van der Waals surface area contributed by atoms with Crippen molar-refractivity contribution < 1.29 is 0 Å². The van der Waals surface area contributed by atoms with Gasteiger partial charge in [-0.05, 0) is 17.0 Å². The van der Waals surface area contributed by atoms with E-state index < -0.39 is 0 Å². The van der Waals surface area contributed by atoms with Gasteiger partial charge < -0.3 is 4.57 Å². The number of para-hydroxylation sites is 1. The molecule has 0 bridgehead atoms.